The van der Waals surface area contributed by atoms with Crippen molar-refractivity contribution in [1.82, 2.24) is 9.78 Å². The van der Waals surface area contributed by atoms with Crippen molar-refractivity contribution in [2.75, 3.05) is 10.6 Å². The number of amides is 2. The minimum atomic E-state index is -0.559. The number of primary amides is 1. The van der Waals surface area contributed by atoms with Crippen LogP contribution in [0.25, 0.3) is 0 Å². The topological polar surface area (TPSA) is 85.0 Å². The molecule has 1 unspecified atom stereocenters. The zero-order valence-corrected chi connectivity index (χ0v) is 11.6. The molecule has 20 heavy (non-hydrogen) atoms. The van der Waals surface area contributed by atoms with Crippen molar-refractivity contribution in [1.29, 1.82) is 0 Å². The van der Waals surface area contributed by atoms with Crippen LogP contribution in [0.1, 0.15) is 25.5 Å². The highest BCUT2D eigenvalue weighted by Gasteiger charge is 2.07. The molecule has 2 aromatic rings. The van der Waals surface area contributed by atoms with Crippen LogP contribution in [0.4, 0.5) is 16.2 Å². The van der Waals surface area contributed by atoms with Gasteiger partial charge in [-0.05, 0) is 31.5 Å². The number of nitrogens with zero attached hydrogens (tertiary/aromatic N) is 2. The standard InChI is InChI=1S/C14H19N5O/c1-3-19-9-13(8-16-19)17-10(2)11-4-6-12(7-5-11)18-14(15)20/h4-10,17H,3H2,1-2H3,(H3,15,18,20). The van der Waals surface area contributed by atoms with E-state index in [0.717, 1.165) is 17.8 Å². The van der Waals surface area contributed by atoms with Gasteiger partial charge in [-0.1, -0.05) is 12.1 Å². The molecule has 0 radical (unpaired) electrons. The molecule has 0 aliphatic heterocycles. The van der Waals surface area contributed by atoms with E-state index in [1.807, 2.05) is 48.3 Å². The summed E-state index contributed by atoms with van der Waals surface area (Å²) >= 11 is 0. The second kappa shape index (κ2) is 6.10. The van der Waals surface area contributed by atoms with E-state index in [9.17, 15) is 4.79 Å². The van der Waals surface area contributed by atoms with Gasteiger partial charge in [0.1, 0.15) is 0 Å². The molecule has 1 aromatic carbocycles. The van der Waals surface area contributed by atoms with Gasteiger partial charge in [0.05, 0.1) is 11.9 Å². The molecule has 1 atom stereocenters. The van der Waals surface area contributed by atoms with Crippen LogP contribution >= 0.6 is 0 Å². The lowest BCUT2D eigenvalue weighted by Gasteiger charge is -2.14. The summed E-state index contributed by atoms with van der Waals surface area (Å²) in [7, 11) is 0. The van der Waals surface area contributed by atoms with Gasteiger partial charge in [-0.3, -0.25) is 4.68 Å². The van der Waals surface area contributed by atoms with Crippen LogP contribution in [-0.4, -0.2) is 15.8 Å². The summed E-state index contributed by atoms with van der Waals surface area (Å²) in [4.78, 5) is 10.7. The molecule has 1 heterocycles. The van der Waals surface area contributed by atoms with Gasteiger partial charge in [0.15, 0.2) is 0 Å². The molecular weight excluding hydrogens is 254 g/mol. The molecular formula is C14H19N5O. The molecule has 0 fully saturated rings. The third kappa shape index (κ3) is 3.50. The second-order valence-corrected chi connectivity index (χ2v) is 4.56. The highest BCUT2D eigenvalue weighted by molar-refractivity contribution is 5.87. The molecule has 6 nitrogen and oxygen atoms in total. The van der Waals surface area contributed by atoms with Crippen LogP contribution in [0.5, 0.6) is 0 Å². The number of anilines is 2. The first-order chi connectivity index (χ1) is 9.58. The Hall–Kier alpha value is -2.50. The molecule has 0 aliphatic rings. The summed E-state index contributed by atoms with van der Waals surface area (Å²) in [5.41, 5.74) is 7.86. The Morgan fingerprint density at radius 3 is 2.60 bits per heavy atom. The summed E-state index contributed by atoms with van der Waals surface area (Å²) in [5, 5.41) is 10.1. The summed E-state index contributed by atoms with van der Waals surface area (Å²) in [6, 6.07) is 7.14. The molecule has 0 bridgehead atoms. The van der Waals surface area contributed by atoms with Crippen molar-refractivity contribution in [3.05, 3.63) is 42.2 Å². The van der Waals surface area contributed by atoms with Crippen molar-refractivity contribution in [3.63, 3.8) is 0 Å². The van der Waals surface area contributed by atoms with Crippen LogP contribution in [-0.2, 0) is 6.54 Å². The number of urea groups is 1. The monoisotopic (exact) mass is 273 g/mol. The van der Waals surface area contributed by atoms with E-state index in [1.165, 1.54) is 0 Å². The minimum absolute atomic E-state index is 0.145. The number of rotatable bonds is 5. The van der Waals surface area contributed by atoms with Gasteiger partial charge in [-0.25, -0.2) is 4.79 Å². The molecule has 0 saturated carbocycles. The average Bonchev–Trinajstić information content (AvgIpc) is 2.86. The maximum Gasteiger partial charge on any atom is 0.316 e. The Labute approximate surface area is 118 Å². The third-order valence-electron chi connectivity index (χ3n) is 3.02. The van der Waals surface area contributed by atoms with Gasteiger partial charge < -0.3 is 16.4 Å². The van der Waals surface area contributed by atoms with Gasteiger partial charge >= 0.3 is 6.03 Å². The van der Waals surface area contributed by atoms with Gasteiger partial charge in [0.2, 0.25) is 0 Å². The second-order valence-electron chi connectivity index (χ2n) is 4.56. The van der Waals surface area contributed by atoms with Crippen molar-refractivity contribution in [2.45, 2.75) is 26.4 Å². The third-order valence-corrected chi connectivity index (χ3v) is 3.02. The Morgan fingerprint density at radius 1 is 1.35 bits per heavy atom. The SMILES string of the molecule is CCn1cc(NC(C)c2ccc(NC(N)=O)cc2)cn1. The van der Waals surface area contributed by atoms with Crippen molar-refractivity contribution in [2.24, 2.45) is 5.73 Å². The Morgan fingerprint density at radius 2 is 2.05 bits per heavy atom. The van der Waals surface area contributed by atoms with Crippen LogP contribution in [0, 0.1) is 0 Å². The number of hydrogen-bond donors (Lipinski definition) is 3. The zero-order valence-electron chi connectivity index (χ0n) is 11.6. The van der Waals surface area contributed by atoms with E-state index in [4.69, 9.17) is 5.73 Å². The quantitative estimate of drug-likeness (QED) is 0.782. The molecule has 2 rings (SSSR count). The molecule has 106 valence electrons. The van der Waals surface area contributed by atoms with Gasteiger partial charge in [0.25, 0.3) is 0 Å². The molecule has 2 amide bonds. The minimum Gasteiger partial charge on any atom is -0.376 e. The van der Waals surface area contributed by atoms with Crippen LogP contribution in [0.15, 0.2) is 36.7 Å². The largest absolute Gasteiger partial charge is 0.376 e. The Balaban J connectivity index is 2.01. The number of benzene rings is 1. The summed E-state index contributed by atoms with van der Waals surface area (Å²) in [5.74, 6) is 0. The molecule has 0 spiro atoms. The lowest BCUT2D eigenvalue weighted by molar-refractivity contribution is 0.259. The normalized spacial score (nSPS) is 11.9. The molecule has 0 aliphatic carbocycles. The average molecular weight is 273 g/mol. The lowest BCUT2D eigenvalue weighted by atomic mass is 10.1. The Bertz CT molecular complexity index is 576. The van der Waals surface area contributed by atoms with Gasteiger partial charge in [-0.2, -0.15) is 5.10 Å². The summed E-state index contributed by atoms with van der Waals surface area (Å²) in [6.45, 7) is 4.97. The lowest BCUT2D eigenvalue weighted by Crippen LogP contribution is -2.19. The molecule has 1 aromatic heterocycles. The number of aryl methyl sites for hydroxylation is 1. The first-order valence-electron chi connectivity index (χ1n) is 6.54. The first kappa shape index (κ1) is 13.9. The predicted molar refractivity (Wildman–Crippen MR) is 79.6 cm³/mol. The number of carbonyl (C=O) groups is 1. The number of hydrogen-bond acceptors (Lipinski definition) is 3. The first-order valence-corrected chi connectivity index (χ1v) is 6.54. The smallest absolute Gasteiger partial charge is 0.316 e. The highest BCUT2D eigenvalue weighted by atomic mass is 16.2. The van der Waals surface area contributed by atoms with Crippen LogP contribution in [0.3, 0.4) is 0 Å². The number of carbonyl (C=O) groups excluding carboxylic acids is 1. The number of nitrogens with two attached hydrogens (primary N) is 1. The van der Waals surface area contributed by atoms with Crippen LogP contribution in [0.2, 0.25) is 0 Å². The maximum absolute atomic E-state index is 10.7. The van der Waals surface area contributed by atoms with Crippen molar-refractivity contribution in [3.8, 4) is 0 Å². The fraction of sp³-hybridized carbons (Fsp3) is 0.286. The van der Waals surface area contributed by atoms with E-state index in [1.54, 1.807) is 0 Å². The summed E-state index contributed by atoms with van der Waals surface area (Å²) in [6.07, 6.45) is 3.78. The number of aromatic nitrogens is 2. The predicted octanol–water partition coefficient (Wildman–Crippen LogP) is 2.57. The van der Waals surface area contributed by atoms with Crippen molar-refractivity contribution >= 4 is 17.4 Å². The molecule has 0 saturated heterocycles. The molecule has 6 heteroatoms. The van der Waals surface area contributed by atoms with Crippen LogP contribution < -0.4 is 16.4 Å². The van der Waals surface area contributed by atoms with E-state index >= 15 is 0 Å². The Kier molecular flexibility index (Phi) is 4.24. The number of nitrogens with one attached hydrogen (secondary N) is 2. The fourth-order valence-electron chi connectivity index (χ4n) is 1.94. The molecule has 4 N–H and O–H groups in total. The van der Waals surface area contributed by atoms with E-state index in [-0.39, 0.29) is 6.04 Å². The zero-order chi connectivity index (χ0) is 14.5. The summed E-state index contributed by atoms with van der Waals surface area (Å²) < 4.78 is 1.87. The van der Waals surface area contributed by atoms with E-state index < -0.39 is 6.03 Å². The van der Waals surface area contributed by atoms with Crippen molar-refractivity contribution < 1.29 is 4.79 Å². The fourth-order valence-corrected chi connectivity index (χ4v) is 1.94. The van der Waals surface area contributed by atoms with Gasteiger partial charge in [-0.15, -0.1) is 0 Å². The highest BCUT2D eigenvalue weighted by Crippen LogP contribution is 2.20. The maximum atomic E-state index is 10.7. The van der Waals surface area contributed by atoms with E-state index in [2.05, 4.69) is 22.7 Å². The van der Waals surface area contributed by atoms with Gasteiger partial charge in [0, 0.05) is 24.5 Å². The van der Waals surface area contributed by atoms with E-state index in [0.29, 0.717) is 5.69 Å².